The molecule has 8 rings (SSSR count). The fourth-order valence-electron chi connectivity index (χ4n) is 6.54. The van der Waals surface area contributed by atoms with E-state index in [2.05, 4.69) is 36.8 Å². The zero-order chi connectivity index (χ0) is 29.6. The lowest BCUT2D eigenvalue weighted by atomic mass is 9.85. The van der Waals surface area contributed by atoms with Gasteiger partial charge >= 0.3 is 0 Å². The van der Waals surface area contributed by atoms with Crippen molar-refractivity contribution in [2.45, 2.75) is 82.3 Å². The summed E-state index contributed by atoms with van der Waals surface area (Å²) < 4.78 is 33.6. The number of hydrogen-bond acceptors (Lipinski definition) is 8. The molecule has 2 fully saturated rings. The summed E-state index contributed by atoms with van der Waals surface area (Å²) in [5.74, 6) is -3.65. The molecule has 9 nitrogen and oxygen atoms in total. The van der Waals surface area contributed by atoms with Gasteiger partial charge < -0.3 is 5.32 Å². The van der Waals surface area contributed by atoms with Crippen molar-refractivity contribution >= 4 is 16.6 Å². The maximum atomic E-state index is 15.9. The molecule has 4 aromatic rings. The number of aromatic nitrogens is 6. The molecule has 3 aliphatic heterocycles. The minimum Gasteiger partial charge on any atom is -0.377 e. The number of alkyl halides is 2. The Balaban J connectivity index is 1.27. The second-order valence-electron chi connectivity index (χ2n) is 12.4. The summed E-state index contributed by atoms with van der Waals surface area (Å²) in [5, 5.41) is 31.7. The Kier molecular flexibility index (Phi) is 7.04. The van der Waals surface area contributed by atoms with Gasteiger partial charge in [0.25, 0.3) is 5.92 Å². The van der Waals surface area contributed by atoms with Crippen LogP contribution in [0.25, 0.3) is 10.9 Å². The number of anilines is 1. The molecule has 0 spiro atoms. The van der Waals surface area contributed by atoms with Crippen molar-refractivity contribution in [1.82, 2.24) is 35.1 Å². The number of nitriles is 1. The Morgan fingerprint density at radius 1 is 1.07 bits per heavy atom. The number of pyridine rings is 1. The molecule has 3 aromatic heterocycles. The first-order chi connectivity index (χ1) is 20.8. The minimum atomic E-state index is -2.93. The molecule has 1 aliphatic carbocycles. The number of fused-ring (bicyclic) bond motifs is 6. The smallest absolute Gasteiger partial charge is 0.276 e. The normalized spacial score (nSPS) is 24.8. The molecule has 4 aliphatic rings. The molecule has 43 heavy (non-hydrogen) atoms. The van der Waals surface area contributed by atoms with Gasteiger partial charge in [-0.25, -0.2) is 8.78 Å². The van der Waals surface area contributed by atoms with E-state index in [4.69, 9.17) is 4.98 Å². The highest BCUT2D eigenvalue weighted by molar-refractivity contribution is 5.92. The third kappa shape index (κ3) is 5.33. The average molecular weight is 584 g/mol. The highest BCUT2D eigenvalue weighted by Gasteiger charge is 2.47. The third-order valence-electron chi connectivity index (χ3n) is 9.42. The molecule has 222 valence electrons. The first-order valence-electron chi connectivity index (χ1n) is 15.3. The van der Waals surface area contributed by atoms with Crippen LogP contribution in [0, 0.1) is 17.2 Å². The number of piperidine rings is 1. The van der Waals surface area contributed by atoms with Crippen LogP contribution in [-0.2, 0) is 30.8 Å². The lowest BCUT2D eigenvalue weighted by molar-refractivity contribution is -0.0861. The van der Waals surface area contributed by atoms with E-state index in [1.165, 1.54) is 0 Å². The maximum Gasteiger partial charge on any atom is 0.276 e. The lowest BCUT2D eigenvalue weighted by Crippen LogP contribution is -2.39. The molecule has 1 atom stereocenters. The quantitative estimate of drug-likeness (QED) is 0.305. The van der Waals surface area contributed by atoms with Gasteiger partial charge in [0, 0.05) is 42.2 Å². The van der Waals surface area contributed by atoms with E-state index in [-0.39, 0.29) is 11.6 Å². The van der Waals surface area contributed by atoms with E-state index in [1.807, 2.05) is 29.9 Å². The number of nitrogens with zero attached hydrogens (tertiary/aromatic N) is 8. The van der Waals surface area contributed by atoms with Gasteiger partial charge in [0.15, 0.2) is 0 Å². The van der Waals surface area contributed by atoms with Crippen molar-refractivity contribution in [3.63, 3.8) is 0 Å². The van der Waals surface area contributed by atoms with Crippen molar-refractivity contribution in [3.05, 3.63) is 70.9 Å². The van der Waals surface area contributed by atoms with E-state index in [0.717, 1.165) is 65.9 Å². The molecule has 1 saturated carbocycles. The van der Waals surface area contributed by atoms with Gasteiger partial charge in [-0.3, -0.25) is 14.6 Å². The summed E-state index contributed by atoms with van der Waals surface area (Å²) in [7, 11) is 0. The molecule has 1 aromatic carbocycles. The first kappa shape index (κ1) is 27.8. The van der Waals surface area contributed by atoms with Crippen LogP contribution in [-0.4, -0.2) is 48.2 Å². The lowest BCUT2D eigenvalue weighted by Gasteiger charge is -2.36. The zero-order valence-corrected chi connectivity index (χ0v) is 24.3. The van der Waals surface area contributed by atoms with Crippen molar-refractivity contribution in [2.24, 2.45) is 5.92 Å². The van der Waals surface area contributed by atoms with E-state index in [0.29, 0.717) is 44.4 Å². The fourth-order valence-corrected chi connectivity index (χ4v) is 6.54. The van der Waals surface area contributed by atoms with Gasteiger partial charge in [-0.05, 0) is 82.7 Å². The van der Waals surface area contributed by atoms with Crippen LogP contribution in [0.4, 0.5) is 14.5 Å². The molecule has 0 amide bonds. The Labute approximate surface area is 249 Å². The summed E-state index contributed by atoms with van der Waals surface area (Å²) in [6, 6.07) is 11.0. The number of aryl methyl sites for hydroxylation is 2. The standard InChI is InChI=1S/C32H35F2N9/c1-21-22-5-4-6-24(15-22)32(33,34)23-8-13-42(14-9-23)18-25-19-43(41-39-25)12-3-2-7-27-30-26(28(37-21)17-36-40-30)16-29(38-27)31(20-35)10-11-31/h4-6,15-17,19,21,23,37H,2-3,7-14,18H2,1H3/t21-/m1/s1. The van der Waals surface area contributed by atoms with E-state index in [1.54, 1.807) is 24.4 Å². The Bertz CT molecular complexity index is 1680. The van der Waals surface area contributed by atoms with Crippen LogP contribution in [0.5, 0.6) is 0 Å². The van der Waals surface area contributed by atoms with Gasteiger partial charge in [-0.1, -0.05) is 23.4 Å². The van der Waals surface area contributed by atoms with E-state index in [9.17, 15) is 5.26 Å². The Hall–Kier alpha value is -4.04. The summed E-state index contributed by atoms with van der Waals surface area (Å²) >= 11 is 0. The summed E-state index contributed by atoms with van der Waals surface area (Å²) in [4.78, 5) is 7.15. The van der Waals surface area contributed by atoms with Crippen LogP contribution >= 0.6 is 0 Å². The van der Waals surface area contributed by atoms with Crippen LogP contribution in [0.1, 0.15) is 79.7 Å². The number of halogens is 2. The number of hydrogen-bond donors (Lipinski definition) is 1. The van der Waals surface area contributed by atoms with Crippen LogP contribution in [0.2, 0.25) is 0 Å². The summed E-state index contributed by atoms with van der Waals surface area (Å²) in [6.07, 6.45) is 8.48. The first-order valence-corrected chi connectivity index (χ1v) is 15.3. The van der Waals surface area contributed by atoms with Crippen molar-refractivity contribution in [1.29, 1.82) is 5.26 Å². The molecular weight excluding hydrogens is 548 g/mol. The SMILES string of the molecule is C[C@H]1Nc2cnnc3c(nc(C4(C#N)CC4)cc23)CCCCn2cc(nn2)CN2CCC(CC2)C(F)(F)c2cccc1c2. The Morgan fingerprint density at radius 3 is 2.70 bits per heavy atom. The summed E-state index contributed by atoms with van der Waals surface area (Å²) in [6.45, 7) is 4.51. The molecule has 0 unspecified atom stereocenters. The monoisotopic (exact) mass is 583 g/mol. The van der Waals surface area contributed by atoms with E-state index < -0.39 is 17.3 Å². The molecule has 11 heteroatoms. The number of rotatable bonds is 1. The summed E-state index contributed by atoms with van der Waals surface area (Å²) in [5.41, 5.74) is 4.16. The maximum absolute atomic E-state index is 15.9. The molecule has 0 radical (unpaired) electrons. The van der Waals surface area contributed by atoms with E-state index >= 15 is 8.78 Å². The molecule has 6 heterocycles. The molecule has 10 bridgehead atoms. The van der Waals surface area contributed by atoms with Crippen molar-refractivity contribution in [2.75, 3.05) is 18.4 Å². The third-order valence-corrected chi connectivity index (χ3v) is 9.42. The number of benzene rings is 1. The van der Waals surface area contributed by atoms with Gasteiger partial charge in [0.1, 0.15) is 5.52 Å². The Morgan fingerprint density at radius 2 is 1.91 bits per heavy atom. The highest BCUT2D eigenvalue weighted by Crippen LogP contribution is 2.48. The fraction of sp³-hybridized carbons (Fsp3) is 0.500. The van der Waals surface area contributed by atoms with Crippen LogP contribution < -0.4 is 5.32 Å². The predicted molar refractivity (Wildman–Crippen MR) is 157 cm³/mol. The highest BCUT2D eigenvalue weighted by atomic mass is 19.3. The topological polar surface area (TPSA) is 108 Å². The van der Waals surface area contributed by atoms with Gasteiger partial charge in [0.05, 0.1) is 40.5 Å². The van der Waals surface area contributed by atoms with Crippen LogP contribution in [0.15, 0.2) is 42.7 Å². The van der Waals surface area contributed by atoms with Gasteiger partial charge in [-0.15, -0.1) is 10.2 Å². The second kappa shape index (κ2) is 10.9. The van der Waals surface area contributed by atoms with Crippen molar-refractivity contribution < 1.29 is 8.78 Å². The molecule has 1 saturated heterocycles. The second-order valence-corrected chi connectivity index (χ2v) is 12.4. The number of nitrogens with one attached hydrogen (secondary N) is 1. The largest absolute Gasteiger partial charge is 0.377 e. The zero-order valence-electron chi connectivity index (χ0n) is 24.3. The van der Waals surface area contributed by atoms with Crippen LogP contribution in [0.3, 0.4) is 0 Å². The van der Waals surface area contributed by atoms with Gasteiger partial charge in [0.2, 0.25) is 0 Å². The molecular formula is C32H35F2N9. The van der Waals surface area contributed by atoms with Gasteiger partial charge in [-0.2, -0.15) is 10.4 Å². The van der Waals surface area contributed by atoms with Crippen molar-refractivity contribution in [3.8, 4) is 6.07 Å². The molecule has 1 N–H and O–H groups in total. The average Bonchev–Trinajstić information content (AvgIpc) is 3.71. The minimum absolute atomic E-state index is 0.0540. The predicted octanol–water partition coefficient (Wildman–Crippen LogP) is 5.68.